The molecule has 0 aromatic heterocycles. The number of carbonyl (C=O) groups excluding carboxylic acids is 2. The van der Waals surface area contributed by atoms with Gasteiger partial charge in [-0.15, -0.1) is 11.8 Å². The van der Waals surface area contributed by atoms with Gasteiger partial charge in [0, 0.05) is 5.75 Å². The topological polar surface area (TPSA) is 52.6 Å². The summed E-state index contributed by atoms with van der Waals surface area (Å²) in [5.74, 6) is 0.0206. The Labute approximate surface area is 106 Å². The lowest BCUT2D eigenvalue weighted by Crippen LogP contribution is -2.29. The molecule has 1 aliphatic rings. The summed E-state index contributed by atoms with van der Waals surface area (Å²) in [5.41, 5.74) is -0.468. The first-order chi connectivity index (χ1) is 7.83. The normalized spacial score (nSPS) is 24.5. The molecule has 0 saturated carbocycles. The van der Waals surface area contributed by atoms with Gasteiger partial charge in [0.25, 0.3) is 0 Å². The molecule has 17 heavy (non-hydrogen) atoms. The predicted octanol–water partition coefficient (Wildman–Crippen LogP) is 2.01. The van der Waals surface area contributed by atoms with Crippen molar-refractivity contribution in [2.24, 2.45) is 5.92 Å². The first-order valence-corrected chi connectivity index (χ1v) is 6.89. The third-order valence-electron chi connectivity index (χ3n) is 2.29. The minimum atomic E-state index is -0.468. The minimum absolute atomic E-state index is 0.186. The second-order valence-electron chi connectivity index (χ2n) is 5.04. The maximum absolute atomic E-state index is 11.8. The minimum Gasteiger partial charge on any atom is -0.465 e. The van der Waals surface area contributed by atoms with Gasteiger partial charge in [0.05, 0.1) is 12.5 Å². The molecular formula is C12H20O4S. The van der Waals surface area contributed by atoms with Gasteiger partial charge < -0.3 is 9.47 Å². The zero-order chi connectivity index (χ0) is 13.1. The fourth-order valence-electron chi connectivity index (χ4n) is 1.58. The molecular weight excluding hydrogens is 240 g/mol. The molecule has 2 atom stereocenters. The third-order valence-corrected chi connectivity index (χ3v) is 3.67. The molecule has 0 aliphatic carbocycles. The van der Waals surface area contributed by atoms with Gasteiger partial charge in [-0.3, -0.25) is 9.59 Å². The van der Waals surface area contributed by atoms with Gasteiger partial charge in [0.2, 0.25) is 0 Å². The largest absolute Gasteiger partial charge is 0.465 e. The summed E-state index contributed by atoms with van der Waals surface area (Å²) in [6, 6.07) is 0. The zero-order valence-corrected chi connectivity index (χ0v) is 11.6. The second kappa shape index (κ2) is 5.76. The summed E-state index contributed by atoms with van der Waals surface area (Å²) in [4.78, 5) is 23.3. The average Bonchev–Trinajstić information content (AvgIpc) is 2.63. The fraction of sp³-hybridized carbons (Fsp3) is 0.833. The highest BCUT2D eigenvalue weighted by molar-refractivity contribution is 8.00. The van der Waals surface area contributed by atoms with E-state index in [1.54, 1.807) is 6.92 Å². The Bertz CT molecular complexity index is 295. The number of rotatable bonds is 3. The molecule has 0 radical (unpaired) electrons. The molecule has 1 fully saturated rings. The molecule has 1 rings (SSSR count). The van der Waals surface area contributed by atoms with Crippen LogP contribution in [-0.2, 0) is 19.1 Å². The first kappa shape index (κ1) is 14.4. The summed E-state index contributed by atoms with van der Waals surface area (Å²) in [5, 5.41) is -0.215. The van der Waals surface area contributed by atoms with Crippen molar-refractivity contribution in [1.29, 1.82) is 0 Å². The Morgan fingerprint density at radius 2 is 1.94 bits per heavy atom. The van der Waals surface area contributed by atoms with Crippen LogP contribution in [0.15, 0.2) is 0 Å². The standard InChI is InChI=1S/C12H20O4S/c1-5-15-11(14)9-6-8(7-17-9)10(13)16-12(2,3)4/h8-9H,5-7H2,1-4H3/t8-,9-/m1/s1. The lowest BCUT2D eigenvalue weighted by atomic mass is 10.1. The van der Waals surface area contributed by atoms with E-state index < -0.39 is 5.60 Å². The lowest BCUT2D eigenvalue weighted by Gasteiger charge is -2.21. The second-order valence-corrected chi connectivity index (χ2v) is 6.28. The Morgan fingerprint density at radius 3 is 2.47 bits per heavy atom. The van der Waals surface area contributed by atoms with E-state index in [2.05, 4.69) is 0 Å². The van der Waals surface area contributed by atoms with Crippen LogP contribution in [0.4, 0.5) is 0 Å². The van der Waals surface area contributed by atoms with E-state index in [-0.39, 0.29) is 23.1 Å². The highest BCUT2D eigenvalue weighted by Crippen LogP contribution is 2.33. The summed E-state index contributed by atoms with van der Waals surface area (Å²) in [6.45, 7) is 7.69. The van der Waals surface area contributed by atoms with Crippen molar-refractivity contribution in [1.82, 2.24) is 0 Å². The summed E-state index contributed by atoms with van der Waals surface area (Å²) in [7, 11) is 0. The number of esters is 2. The lowest BCUT2D eigenvalue weighted by molar-refractivity contribution is -0.159. The predicted molar refractivity (Wildman–Crippen MR) is 66.8 cm³/mol. The summed E-state index contributed by atoms with van der Waals surface area (Å²) >= 11 is 1.48. The highest BCUT2D eigenvalue weighted by atomic mass is 32.2. The van der Waals surface area contributed by atoms with Gasteiger partial charge in [-0.1, -0.05) is 0 Å². The van der Waals surface area contributed by atoms with E-state index >= 15 is 0 Å². The number of hydrogen-bond donors (Lipinski definition) is 0. The molecule has 5 heteroatoms. The summed E-state index contributed by atoms with van der Waals surface area (Å²) < 4.78 is 10.2. The fourth-order valence-corrected chi connectivity index (χ4v) is 2.88. The quantitative estimate of drug-likeness (QED) is 0.727. The molecule has 1 saturated heterocycles. The third kappa shape index (κ3) is 4.58. The average molecular weight is 260 g/mol. The van der Waals surface area contributed by atoms with E-state index in [0.29, 0.717) is 18.8 Å². The van der Waals surface area contributed by atoms with Crippen LogP contribution in [-0.4, -0.2) is 35.1 Å². The van der Waals surface area contributed by atoms with E-state index in [1.807, 2.05) is 20.8 Å². The van der Waals surface area contributed by atoms with Crippen molar-refractivity contribution >= 4 is 23.7 Å². The molecule has 0 aromatic rings. The van der Waals surface area contributed by atoms with Crippen molar-refractivity contribution in [3.8, 4) is 0 Å². The molecule has 0 aromatic carbocycles. The van der Waals surface area contributed by atoms with E-state index in [1.165, 1.54) is 11.8 Å². The number of hydrogen-bond acceptors (Lipinski definition) is 5. The Balaban J connectivity index is 2.45. The van der Waals surface area contributed by atoms with E-state index in [4.69, 9.17) is 9.47 Å². The van der Waals surface area contributed by atoms with E-state index in [9.17, 15) is 9.59 Å². The van der Waals surface area contributed by atoms with Crippen molar-refractivity contribution < 1.29 is 19.1 Å². The molecule has 0 bridgehead atoms. The van der Waals surface area contributed by atoms with Crippen molar-refractivity contribution in [2.75, 3.05) is 12.4 Å². The van der Waals surface area contributed by atoms with Crippen LogP contribution in [0.1, 0.15) is 34.1 Å². The first-order valence-electron chi connectivity index (χ1n) is 5.84. The Kier molecular flexibility index (Phi) is 4.86. The van der Waals surface area contributed by atoms with Gasteiger partial charge in [-0.05, 0) is 34.1 Å². The molecule has 1 aliphatic heterocycles. The molecule has 0 spiro atoms. The van der Waals surface area contributed by atoms with Gasteiger partial charge in [0.1, 0.15) is 10.9 Å². The number of carbonyl (C=O) groups is 2. The van der Waals surface area contributed by atoms with Gasteiger partial charge in [-0.2, -0.15) is 0 Å². The van der Waals surface area contributed by atoms with Crippen LogP contribution in [0, 0.1) is 5.92 Å². The van der Waals surface area contributed by atoms with Gasteiger partial charge >= 0.3 is 11.9 Å². The number of ether oxygens (including phenoxy) is 2. The Hall–Kier alpha value is -0.710. The SMILES string of the molecule is CCOC(=O)[C@H]1C[C@@H](C(=O)OC(C)(C)C)CS1. The Morgan fingerprint density at radius 1 is 1.29 bits per heavy atom. The van der Waals surface area contributed by atoms with Crippen LogP contribution in [0.25, 0.3) is 0 Å². The van der Waals surface area contributed by atoms with Crippen LogP contribution in [0.3, 0.4) is 0 Å². The van der Waals surface area contributed by atoms with Crippen LogP contribution in [0.2, 0.25) is 0 Å². The highest BCUT2D eigenvalue weighted by Gasteiger charge is 2.37. The van der Waals surface area contributed by atoms with Crippen LogP contribution < -0.4 is 0 Å². The number of thioether (sulfide) groups is 1. The smallest absolute Gasteiger partial charge is 0.319 e. The molecule has 0 unspecified atom stereocenters. The van der Waals surface area contributed by atoms with Crippen molar-refractivity contribution in [3.05, 3.63) is 0 Å². The van der Waals surface area contributed by atoms with Crippen molar-refractivity contribution in [3.63, 3.8) is 0 Å². The molecule has 0 N–H and O–H groups in total. The molecule has 98 valence electrons. The van der Waals surface area contributed by atoms with Crippen LogP contribution >= 0.6 is 11.8 Å². The molecule has 4 nitrogen and oxygen atoms in total. The molecule has 0 amide bonds. The van der Waals surface area contributed by atoms with E-state index in [0.717, 1.165) is 0 Å². The zero-order valence-electron chi connectivity index (χ0n) is 10.8. The molecule has 1 heterocycles. The maximum Gasteiger partial charge on any atom is 0.319 e. The maximum atomic E-state index is 11.8. The monoisotopic (exact) mass is 260 g/mol. The van der Waals surface area contributed by atoms with Crippen LogP contribution in [0.5, 0.6) is 0 Å². The van der Waals surface area contributed by atoms with Crippen molar-refractivity contribution in [2.45, 2.75) is 45.0 Å². The van der Waals surface area contributed by atoms with Gasteiger partial charge in [0.15, 0.2) is 0 Å². The van der Waals surface area contributed by atoms with Gasteiger partial charge in [-0.25, -0.2) is 0 Å². The summed E-state index contributed by atoms with van der Waals surface area (Å²) in [6.07, 6.45) is 0.526.